The Balaban J connectivity index is 0.00000210. The number of anilines is 3. The van der Waals surface area contributed by atoms with E-state index < -0.39 is 0 Å². The van der Waals surface area contributed by atoms with Crippen molar-refractivity contribution in [3.63, 3.8) is 0 Å². The number of fused-ring (bicyclic) bond motifs is 1. The first-order valence-electron chi connectivity index (χ1n) is 8.51. The van der Waals surface area contributed by atoms with E-state index in [1.165, 1.54) is 11.3 Å². The maximum atomic E-state index is 5.96. The summed E-state index contributed by atoms with van der Waals surface area (Å²) < 4.78 is 0. The van der Waals surface area contributed by atoms with Crippen molar-refractivity contribution in [2.75, 3.05) is 22.9 Å². The van der Waals surface area contributed by atoms with Crippen LogP contribution >= 0.6 is 12.4 Å². The third kappa shape index (κ3) is 4.13. The highest BCUT2D eigenvalue weighted by molar-refractivity contribution is 5.85. The molecule has 6 heteroatoms. The quantitative estimate of drug-likeness (QED) is 0.671. The van der Waals surface area contributed by atoms with Gasteiger partial charge < -0.3 is 16.4 Å². The molecule has 2 aromatic carbocycles. The van der Waals surface area contributed by atoms with Crippen LogP contribution in [0.2, 0.25) is 0 Å². The Bertz CT molecular complexity index is 1010. The van der Waals surface area contributed by atoms with E-state index in [1.807, 2.05) is 30.3 Å². The lowest BCUT2D eigenvalue weighted by Crippen LogP contribution is -2.21. The predicted octanol–water partition coefficient (Wildman–Crippen LogP) is 3.03. The minimum absolute atomic E-state index is 0. The van der Waals surface area contributed by atoms with E-state index in [9.17, 15) is 0 Å². The summed E-state index contributed by atoms with van der Waals surface area (Å²) in [5, 5.41) is 0. The van der Waals surface area contributed by atoms with Crippen molar-refractivity contribution in [2.24, 2.45) is 0 Å². The Labute approximate surface area is 164 Å². The van der Waals surface area contributed by atoms with Gasteiger partial charge in [0.2, 0.25) is 5.95 Å². The van der Waals surface area contributed by atoms with Gasteiger partial charge in [-0.2, -0.15) is 4.98 Å². The lowest BCUT2D eigenvalue weighted by Gasteiger charge is -2.20. The Hall–Kier alpha value is -3.23. The zero-order valence-corrected chi connectivity index (χ0v) is 15.5. The molecule has 4 rings (SSSR count). The summed E-state index contributed by atoms with van der Waals surface area (Å²) >= 11 is 0. The molecule has 1 aromatic heterocycles. The van der Waals surface area contributed by atoms with Crippen molar-refractivity contribution in [3.05, 3.63) is 77.0 Å². The molecular weight excluding hydrogens is 358 g/mol. The van der Waals surface area contributed by atoms with Crippen LogP contribution in [-0.4, -0.2) is 16.5 Å². The van der Waals surface area contributed by atoms with Crippen molar-refractivity contribution < 1.29 is 0 Å². The van der Waals surface area contributed by atoms with Gasteiger partial charge in [0.25, 0.3) is 0 Å². The van der Waals surface area contributed by atoms with E-state index >= 15 is 0 Å². The van der Waals surface area contributed by atoms with E-state index in [0.717, 1.165) is 29.7 Å². The minimum Gasteiger partial charge on any atom is -0.383 e. The van der Waals surface area contributed by atoms with Gasteiger partial charge in [0.15, 0.2) is 0 Å². The number of nitrogens with two attached hydrogens (primary N) is 2. The highest BCUT2D eigenvalue weighted by Crippen LogP contribution is 2.30. The van der Waals surface area contributed by atoms with Gasteiger partial charge in [0, 0.05) is 41.7 Å². The Morgan fingerprint density at radius 3 is 2.56 bits per heavy atom. The monoisotopic (exact) mass is 377 g/mol. The summed E-state index contributed by atoms with van der Waals surface area (Å²) in [6.45, 7) is 1.61. The van der Waals surface area contributed by atoms with Crippen LogP contribution in [-0.2, 0) is 13.0 Å². The average molecular weight is 378 g/mol. The smallest absolute Gasteiger partial charge is 0.221 e. The maximum absolute atomic E-state index is 5.96. The second kappa shape index (κ2) is 7.98. The first-order chi connectivity index (χ1) is 12.7. The van der Waals surface area contributed by atoms with Gasteiger partial charge in [-0.1, -0.05) is 30.0 Å². The molecule has 0 spiro atoms. The molecule has 0 saturated carbocycles. The van der Waals surface area contributed by atoms with E-state index in [1.54, 1.807) is 6.20 Å². The molecule has 0 unspecified atom stereocenters. The number of halogens is 1. The van der Waals surface area contributed by atoms with E-state index in [2.05, 4.69) is 44.9 Å². The van der Waals surface area contributed by atoms with Crippen LogP contribution in [0.3, 0.4) is 0 Å². The molecule has 0 aliphatic carbocycles. The number of nitrogen functional groups attached to an aromatic ring is 2. The molecule has 0 amide bonds. The van der Waals surface area contributed by atoms with E-state index in [0.29, 0.717) is 12.4 Å². The van der Waals surface area contributed by atoms with Gasteiger partial charge in [-0.15, -0.1) is 12.4 Å². The molecule has 4 N–H and O–H groups in total. The fourth-order valence-electron chi connectivity index (χ4n) is 3.14. The fourth-order valence-corrected chi connectivity index (χ4v) is 3.14. The molecule has 1 aliphatic heterocycles. The normalized spacial score (nSPS) is 11.9. The van der Waals surface area contributed by atoms with Gasteiger partial charge in [-0.25, -0.2) is 4.98 Å². The molecule has 0 bridgehead atoms. The molecule has 0 saturated heterocycles. The fraction of sp³-hybridized carbons (Fsp3) is 0.143. The molecule has 136 valence electrons. The molecule has 1 aliphatic rings. The van der Waals surface area contributed by atoms with Gasteiger partial charge in [-0.05, 0) is 42.3 Å². The Morgan fingerprint density at radius 1 is 1.00 bits per heavy atom. The average Bonchev–Trinajstić information content (AvgIpc) is 3.05. The van der Waals surface area contributed by atoms with Gasteiger partial charge in [0.1, 0.15) is 5.82 Å². The van der Waals surface area contributed by atoms with Crippen molar-refractivity contribution in [1.29, 1.82) is 0 Å². The first kappa shape index (κ1) is 18.6. The largest absolute Gasteiger partial charge is 0.383 e. The second-order valence-electron chi connectivity index (χ2n) is 6.27. The van der Waals surface area contributed by atoms with Crippen LogP contribution in [0.4, 0.5) is 17.5 Å². The van der Waals surface area contributed by atoms with Crippen molar-refractivity contribution >= 4 is 29.9 Å². The van der Waals surface area contributed by atoms with Gasteiger partial charge in [-0.3, -0.25) is 0 Å². The third-order valence-corrected chi connectivity index (χ3v) is 4.47. The number of hydrogen-bond donors (Lipinski definition) is 2. The summed E-state index contributed by atoms with van der Waals surface area (Å²) in [6, 6.07) is 16.4. The number of aromatic nitrogens is 2. The van der Waals surface area contributed by atoms with Crippen molar-refractivity contribution in [2.45, 2.75) is 13.0 Å². The minimum atomic E-state index is 0. The van der Waals surface area contributed by atoms with Gasteiger partial charge in [0.05, 0.1) is 0 Å². The Kier molecular flexibility index (Phi) is 5.49. The van der Waals surface area contributed by atoms with Crippen molar-refractivity contribution in [3.8, 4) is 11.8 Å². The standard InChI is InChI=1S/C21H19N5.ClH/c22-20-18(13-24-21(23)25-20)14-26-11-10-17-12-16(8-9-19(17)26)7-6-15-4-2-1-3-5-15;/h1-5,8-9,12-13H,10-11,14H2,(H4,22,23,24,25);1H. The lowest BCUT2D eigenvalue weighted by atomic mass is 10.1. The summed E-state index contributed by atoms with van der Waals surface area (Å²) in [5.41, 5.74) is 17.0. The molecule has 27 heavy (non-hydrogen) atoms. The molecule has 2 heterocycles. The number of hydrogen-bond acceptors (Lipinski definition) is 5. The lowest BCUT2D eigenvalue weighted by molar-refractivity contribution is 0.830. The van der Waals surface area contributed by atoms with Crippen LogP contribution in [0.5, 0.6) is 0 Å². The van der Waals surface area contributed by atoms with Crippen LogP contribution < -0.4 is 16.4 Å². The van der Waals surface area contributed by atoms with Crippen LogP contribution in [0, 0.1) is 11.8 Å². The highest BCUT2D eigenvalue weighted by Gasteiger charge is 2.20. The molecule has 3 aromatic rings. The third-order valence-electron chi connectivity index (χ3n) is 4.47. The summed E-state index contributed by atoms with van der Waals surface area (Å²) in [7, 11) is 0. The van der Waals surface area contributed by atoms with E-state index in [-0.39, 0.29) is 18.4 Å². The topological polar surface area (TPSA) is 81.1 Å². The van der Waals surface area contributed by atoms with Crippen molar-refractivity contribution in [1.82, 2.24) is 9.97 Å². The summed E-state index contributed by atoms with van der Waals surface area (Å²) in [6.07, 6.45) is 2.70. The first-order valence-corrected chi connectivity index (χ1v) is 8.51. The van der Waals surface area contributed by atoms with E-state index in [4.69, 9.17) is 11.5 Å². The predicted molar refractivity (Wildman–Crippen MR) is 112 cm³/mol. The molecule has 0 atom stereocenters. The Morgan fingerprint density at radius 2 is 1.78 bits per heavy atom. The van der Waals surface area contributed by atoms with Crippen LogP contribution in [0.25, 0.3) is 0 Å². The maximum Gasteiger partial charge on any atom is 0.221 e. The molecular formula is C21H20ClN5. The zero-order chi connectivity index (χ0) is 17.9. The molecule has 0 fully saturated rings. The van der Waals surface area contributed by atoms with Crippen LogP contribution in [0.1, 0.15) is 22.3 Å². The van der Waals surface area contributed by atoms with Gasteiger partial charge >= 0.3 is 0 Å². The number of rotatable bonds is 2. The highest BCUT2D eigenvalue weighted by atomic mass is 35.5. The second-order valence-corrected chi connectivity index (χ2v) is 6.27. The molecule has 5 nitrogen and oxygen atoms in total. The number of nitrogens with zero attached hydrogens (tertiary/aromatic N) is 3. The molecule has 0 radical (unpaired) electrons. The number of benzene rings is 2. The van der Waals surface area contributed by atoms with Crippen LogP contribution in [0.15, 0.2) is 54.7 Å². The SMILES string of the molecule is Cl.Nc1ncc(CN2CCc3cc(C#Cc4ccccc4)ccc32)c(N)n1. The summed E-state index contributed by atoms with van der Waals surface area (Å²) in [5.74, 6) is 7.10. The summed E-state index contributed by atoms with van der Waals surface area (Å²) in [4.78, 5) is 10.4. The zero-order valence-electron chi connectivity index (χ0n) is 14.7.